The van der Waals surface area contributed by atoms with Gasteiger partial charge < -0.3 is 15.2 Å². The van der Waals surface area contributed by atoms with E-state index in [1.807, 2.05) is 6.92 Å². The third kappa shape index (κ3) is 3.29. The molecule has 0 radical (unpaired) electrons. The lowest BCUT2D eigenvalue weighted by atomic mass is 9.86. The molecule has 3 rings (SSSR count). The number of nitrogens with one attached hydrogen (secondary N) is 1. The Morgan fingerprint density at radius 2 is 2.08 bits per heavy atom. The number of thiazole rings is 1. The first kappa shape index (κ1) is 17.6. The van der Waals surface area contributed by atoms with Gasteiger partial charge in [-0.25, -0.2) is 4.98 Å². The van der Waals surface area contributed by atoms with Crippen molar-refractivity contribution in [1.82, 2.24) is 14.7 Å². The fourth-order valence-electron chi connectivity index (χ4n) is 3.04. The van der Waals surface area contributed by atoms with Crippen LogP contribution in [0.15, 0.2) is 11.0 Å². The van der Waals surface area contributed by atoms with Crippen LogP contribution >= 0.6 is 11.3 Å². The number of carboxylic acids is 1. The second kappa shape index (κ2) is 6.57. The number of rotatable bonds is 4. The van der Waals surface area contributed by atoms with Crippen LogP contribution in [0.4, 0.5) is 0 Å². The summed E-state index contributed by atoms with van der Waals surface area (Å²) in [5.74, 6) is -1.60. The molecule has 8 nitrogen and oxygen atoms in total. The summed E-state index contributed by atoms with van der Waals surface area (Å²) in [6.07, 6.45) is 1.82. The van der Waals surface area contributed by atoms with E-state index in [1.54, 1.807) is 6.92 Å². The zero-order valence-electron chi connectivity index (χ0n) is 14.0. The van der Waals surface area contributed by atoms with E-state index in [2.05, 4.69) is 10.3 Å². The van der Waals surface area contributed by atoms with Crippen LogP contribution in [0.3, 0.4) is 0 Å². The van der Waals surface area contributed by atoms with Crippen molar-refractivity contribution < 1.29 is 19.4 Å². The highest BCUT2D eigenvalue weighted by molar-refractivity contribution is 7.17. The molecule has 1 saturated heterocycles. The monoisotopic (exact) mass is 365 g/mol. The van der Waals surface area contributed by atoms with Gasteiger partial charge in [0.25, 0.3) is 11.5 Å². The Labute approximate surface area is 147 Å². The molecule has 0 spiro atoms. The SMILES string of the molecule is Cc1sc2ncc(C(=O)NC3(CC(=O)O)CCOCC3)c(=O)n2c1C. The molecule has 3 heterocycles. The number of carbonyl (C=O) groups excluding carboxylic acids is 1. The fraction of sp³-hybridized carbons (Fsp3) is 0.500. The Bertz CT molecular complexity index is 895. The van der Waals surface area contributed by atoms with Gasteiger partial charge in [0.2, 0.25) is 0 Å². The summed E-state index contributed by atoms with van der Waals surface area (Å²) in [7, 11) is 0. The highest BCUT2D eigenvalue weighted by Gasteiger charge is 2.37. The van der Waals surface area contributed by atoms with Crippen LogP contribution in [0.5, 0.6) is 0 Å². The van der Waals surface area contributed by atoms with Gasteiger partial charge in [0.1, 0.15) is 5.56 Å². The molecule has 25 heavy (non-hydrogen) atoms. The van der Waals surface area contributed by atoms with Gasteiger partial charge in [-0.05, 0) is 26.7 Å². The number of fused-ring (bicyclic) bond motifs is 1. The van der Waals surface area contributed by atoms with Crippen molar-refractivity contribution in [3.63, 3.8) is 0 Å². The highest BCUT2D eigenvalue weighted by Crippen LogP contribution is 2.25. The number of hydrogen-bond acceptors (Lipinski definition) is 6. The van der Waals surface area contributed by atoms with Gasteiger partial charge in [-0.2, -0.15) is 0 Å². The first-order valence-electron chi connectivity index (χ1n) is 7.93. The Morgan fingerprint density at radius 1 is 1.40 bits per heavy atom. The number of nitrogens with zero attached hydrogens (tertiary/aromatic N) is 2. The van der Waals surface area contributed by atoms with Crippen LogP contribution in [0.25, 0.3) is 4.96 Å². The molecule has 1 aliphatic rings. The summed E-state index contributed by atoms with van der Waals surface area (Å²) in [6.45, 7) is 4.42. The zero-order chi connectivity index (χ0) is 18.2. The average molecular weight is 365 g/mol. The van der Waals surface area contributed by atoms with Crippen LogP contribution in [-0.4, -0.2) is 45.1 Å². The molecule has 1 aliphatic heterocycles. The van der Waals surface area contributed by atoms with E-state index in [4.69, 9.17) is 4.74 Å². The Hall–Kier alpha value is -2.26. The molecule has 1 fully saturated rings. The van der Waals surface area contributed by atoms with E-state index in [-0.39, 0.29) is 12.0 Å². The molecule has 0 aromatic carbocycles. The molecule has 2 N–H and O–H groups in total. The van der Waals surface area contributed by atoms with Crippen LogP contribution in [-0.2, 0) is 9.53 Å². The fourth-order valence-corrected chi connectivity index (χ4v) is 3.97. The summed E-state index contributed by atoms with van der Waals surface area (Å²) < 4.78 is 6.69. The van der Waals surface area contributed by atoms with Gasteiger partial charge in [0, 0.05) is 30.0 Å². The molecule has 0 saturated carbocycles. The van der Waals surface area contributed by atoms with Crippen LogP contribution in [0, 0.1) is 13.8 Å². The van der Waals surface area contributed by atoms with E-state index in [9.17, 15) is 19.5 Å². The van der Waals surface area contributed by atoms with Crippen molar-refractivity contribution in [2.24, 2.45) is 0 Å². The molecule has 0 unspecified atom stereocenters. The van der Waals surface area contributed by atoms with Gasteiger partial charge in [0.05, 0.1) is 12.0 Å². The lowest BCUT2D eigenvalue weighted by Crippen LogP contribution is -2.54. The first-order chi connectivity index (χ1) is 11.8. The molecule has 0 bridgehead atoms. The van der Waals surface area contributed by atoms with Gasteiger partial charge in [-0.1, -0.05) is 0 Å². The molecule has 2 aromatic heterocycles. The normalized spacial score (nSPS) is 16.7. The maximum Gasteiger partial charge on any atom is 0.305 e. The number of carbonyl (C=O) groups is 2. The summed E-state index contributed by atoms with van der Waals surface area (Å²) in [4.78, 5) is 42.3. The third-order valence-corrected chi connectivity index (χ3v) is 5.65. The maximum atomic E-state index is 12.7. The van der Waals surface area contributed by atoms with Crippen LogP contribution in [0.2, 0.25) is 0 Å². The molecule has 1 amide bonds. The Balaban J connectivity index is 1.96. The summed E-state index contributed by atoms with van der Waals surface area (Å²) in [5.41, 5.74) is -0.692. The van der Waals surface area contributed by atoms with Gasteiger partial charge >= 0.3 is 5.97 Å². The van der Waals surface area contributed by atoms with E-state index < -0.39 is 23.0 Å². The number of aliphatic carboxylic acids is 1. The molecule has 0 aliphatic carbocycles. The van der Waals surface area contributed by atoms with E-state index in [1.165, 1.54) is 21.9 Å². The summed E-state index contributed by atoms with van der Waals surface area (Å²) in [6, 6.07) is 0. The van der Waals surface area contributed by atoms with Crippen molar-refractivity contribution in [3.05, 3.63) is 32.7 Å². The zero-order valence-corrected chi connectivity index (χ0v) is 14.8. The molecule has 2 aromatic rings. The summed E-state index contributed by atoms with van der Waals surface area (Å²) >= 11 is 1.38. The van der Waals surface area contributed by atoms with Crippen molar-refractivity contribution in [3.8, 4) is 0 Å². The van der Waals surface area contributed by atoms with Gasteiger partial charge in [-0.3, -0.25) is 18.8 Å². The van der Waals surface area contributed by atoms with E-state index in [0.29, 0.717) is 31.0 Å². The third-order valence-electron chi connectivity index (χ3n) is 4.58. The number of hydrogen-bond donors (Lipinski definition) is 2. The molecule has 9 heteroatoms. The minimum absolute atomic E-state index is 0.0883. The lowest BCUT2D eigenvalue weighted by Gasteiger charge is -2.36. The first-order valence-corrected chi connectivity index (χ1v) is 8.74. The maximum absolute atomic E-state index is 12.7. The predicted molar refractivity (Wildman–Crippen MR) is 91.3 cm³/mol. The van der Waals surface area contributed by atoms with Crippen molar-refractivity contribution in [2.75, 3.05) is 13.2 Å². The van der Waals surface area contributed by atoms with Crippen molar-refractivity contribution >= 4 is 28.2 Å². The van der Waals surface area contributed by atoms with E-state index in [0.717, 1.165) is 10.6 Å². The van der Waals surface area contributed by atoms with Crippen LogP contribution in [0.1, 0.15) is 40.2 Å². The average Bonchev–Trinajstić information content (AvgIpc) is 2.83. The molecule has 134 valence electrons. The number of carboxylic acid groups (broad SMARTS) is 1. The Morgan fingerprint density at radius 3 is 2.72 bits per heavy atom. The number of amides is 1. The number of aromatic nitrogens is 2. The van der Waals surface area contributed by atoms with Gasteiger partial charge in [-0.15, -0.1) is 11.3 Å². The molecule has 0 atom stereocenters. The predicted octanol–water partition coefficient (Wildman–Crippen LogP) is 1.13. The summed E-state index contributed by atoms with van der Waals surface area (Å²) in [5, 5.41) is 11.9. The van der Waals surface area contributed by atoms with E-state index >= 15 is 0 Å². The van der Waals surface area contributed by atoms with Crippen molar-refractivity contribution in [2.45, 2.75) is 38.6 Å². The number of aryl methyl sites for hydroxylation is 2. The largest absolute Gasteiger partial charge is 0.481 e. The molecular weight excluding hydrogens is 346 g/mol. The van der Waals surface area contributed by atoms with Crippen LogP contribution < -0.4 is 10.9 Å². The minimum atomic E-state index is -1.00. The highest BCUT2D eigenvalue weighted by atomic mass is 32.1. The molecular formula is C16H19N3O5S. The minimum Gasteiger partial charge on any atom is -0.481 e. The lowest BCUT2D eigenvalue weighted by molar-refractivity contribution is -0.139. The second-order valence-electron chi connectivity index (χ2n) is 6.26. The van der Waals surface area contributed by atoms with Gasteiger partial charge in [0.15, 0.2) is 4.96 Å². The smallest absolute Gasteiger partial charge is 0.305 e. The topological polar surface area (TPSA) is 110 Å². The second-order valence-corrected chi connectivity index (χ2v) is 7.44. The van der Waals surface area contributed by atoms with Crippen molar-refractivity contribution in [1.29, 1.82) is 0 Å². The standard InChI is InChI=1S/C16H19N3O5S/c1-9-10(2)25-15-17-8-11(14(23)19(9)15)13(22)18-16(7-12(20)21)3-5-24-6-4-16/h8H,3-7H2,1-2H3,(H,18,22)(H,20,21). The quantitative estimate of drug-likeness (QED) is 0.840. The Kier molecular flexibility index (Phi) is 4.61. The number of ether oxygens (including phenoxy) is 1.